The zero-order valence-corrected chi connectivity index (χ0v) is 19.4. The van der Waals surface area contributed by atoms with E-state index >= 15 is 0 Å². The fourth-order valence-corrected chi connectivity index (χ4v) is 4.09. The number of piperazine rings is 1. The number of guanidine groups is 1. The van der Waals surface area contributed by atoms with Gasteiger partial charge in [-0.1, -0.05) is 60.7 Å². The molecular formula is C26H39N5. The summed E-state index contributed by atoms with van der Waals surface area (Å²) >= 11 is 0. The van der Waals surface area contributed by atoms with E-state index in [4.69, 9.17) is 4.99 Å². The van der Waals surface area contributed by atoms with E-state index < -0.39 is 0 Å². The van der Waals surface area contributed by atoms with Crippen molar-refractivity contribution in [2.75, 3.05) is 52.9 Å². The van der Waals surface area contributed by atoms with Crippen LogP contribution in [0.2, 0.25) is 0 Å². The summed E-state index contributed by atoms with van der Waals surface area (Å²) < 4.78 is 0. The lowest BCUT2D eigenvalue weighted by Crippen LogP contribution is -2.49. The molecule has 0 saturated carbocycles. The van der Waals surface area contributed by atoms with Crippen LogP contribution in [0.5, 0.6) is 0 Å². The van der Waals surface area contributed by atoms with E-state index in [2.05, 4.69) is 102 Å². The third-order valence-electron chi connectivity index (χ3n) is 6.13. The molecule has 2 aromatic rings. The van der Waals surface area contributed by atoms with E-state index in [1.54, 1.807) is 0 Å². The lowest BCUT2D eigenvalue weighted by atomic mass is 9.92. The smallest absolute Gasteiger partial charge is 0.191 e. The number of hydrogen-bond donors (Lipinski definition) is 2. The summed E-state index contributed by atoms with van der Waals surface area (Å²) in [6, 6.07) is 22.0. The van der Waals surface area contributed by atoms with E-state index in [-0.39, 0.29) is 0 Å². The first-order valence-electron chi connectivity index (χ1n) is 11.7. The van der Waals surface area contributed by atoms with Crippen LogP contribution in [0.3, 0.4) is 0 Å². The average molecular weight is 422 g/mol. The maximum Gasteiger partial charge on any atom is 0.191 e. The van der Waals surface area contributed by atoms with E-state index in [1.807, 2.05) is 0 Å². The Morgan fingerprint density at radius 3 is 2.23 bits per heavy atom. The molecule has 0 aliphatic carbocycles. The Kier molecular flexibility index (Phi) is 9.38. The Morgan fingerprint density at radius 2 is 1.58 bits per heavy atom. The summed E-state index contributed by atoms with van der Waals surface area (Å²) in [6.07, 6.45) is 1.01. The van der Waals surface area contributed by atoms with Crippen molar-refractivity contribution in [2.45, 2.75) is 32.2 Å². The van der Waals surface area contributed by atoms with Crippen LogP contribution in [-0.4, -0.2) is 74.7 Å². The lowest BCUT2D eigenvalue weighted by Gasteiger charge is -2.35. The van der Waals surface area contributed by atoms with Crippen LogP contribution in [-0.2, 0) is 6.42 Å². The van der Waals surface area contributed by atoms with Crippen molar-refractivity contribution >= 4 is 5.96 Å². The standard InChI is InChI=1S/C26H39N5/c1-4-27-26(28-20-22(2)31-17-15-30(3)16-18-31)29-21-25(24-13-9-6-10-14-24)19-23-11-7-5-8-12-23/h5-14,22,25H,4,15-21H2,1-3H3,(H2,27,28,29). The molecule has 1 fully saturated rings. The molecule has 0 aromatic heterocycles. The molecule has 0 amide bonds. The van der Waals surface area contributed by atoms with E-state index in [0.29, 0.717) is 12.0 Å². The summed E-state index contributed by atoms with van der Waals surface area (Å²) in [4.78, 5) is 9.87. The topological polar surface area (TPSA) is 42.9 Å². The minimum Gasteiger partial charge on any atom is -0.357 e. The van der Waals surface area contributed by atoms with Gasteiger partial charge in [0.1, 0.15) is 0 Å². The van der Waals surface area contributed by atoms with Gasteiger partial charge < -0.3 is 15.5 Å². The Balaban J connectivity index is 1.61. The fourth-order valence-electron chi connectivity index (χ4n) is 4.09. The van der Waals surface area contributed by atoms with Gasteiger partial charge in [0.25, 0.3) is 0 Å². The van der Waals surface area contributed by atoms with Crippen LogP contribution in [0.25, 0.3) is 0 Å². The average Bonchev–Trinajstić information content (AvgIpc) is 2.81. The molecule has 2 aromatic carbocycles. The van der Waals surface area contributed by atoms with Gasteiger partial charge in [0.2, 0.25) is 0 Å². The highest BCUT2D eigenvalue weighted by molar-refractivity contribution is 5.79. The Labute approximate surface area is 188 Å². The van der Waals surface area contributed by atoms with Crippen molar-refractivity contribution in [3.05, 3.63) is 71.8 Å². The number of rotatable bonds is 9. The van der Waals surface area contributed by atoms with Crippen molar-refractivity contribution in [1.82, 2.24) is 20.4 Å². The second kappa shape index (κ2) is 12.5. The van der Waals surface area contributed by atoms with Crippen molar-refractivity contribution in [1.29, 1.82) is 0 Å². The fraction of sp³-hybridized carbons (Fsp3) is 0.500. The first kappa shape index (κ1) is 23.3. The van der Waals surface area contributed by atoms with Crippen molar-refractivity contribution in [3.8, 4) is 0 Å². The third-order valence-corrected chi connectivity index (χ3v) is 6.13. The lowest BCUT2D eigenvalue weighted by molar-refractivity contribution is 0.122. The Morgan fingerprint density at radius 1 is 0.935 bits per heavy atom. The van der Waals surface area contributed by atoms with Gasteiger partial charge in [-0.25, -0.2) is 0 Å². The monoisotopic (exact) mass is 421 g/mol. The zero-order chi connectivity index (χ0) is 21.9. The van der Waals surface area contributed by atoms with Gasteiger partial charge in [0.05, 0.1) is 6.54 Å². The molecule has 5 nitrogen and oxygen atoms in total. The number of nitrogens with zero attached hydrogens (tertiary/aromatic N) is 3. The number of nitrogens with one attached hydrogen (secondary N) is 2. The summed E-state index contributed by atoms with van der Waals surface area (Å²) in [5.41, 5.74) is 2.73. The molecule has 168 valence electrons. The number of likely N-dealkylation sites (N-methyl/N-ethyl adjacent to an activating group) is 1. The van der Waals surface area contributed by atoms with Gasteiger partial charge in [0.15, 0.2) is 5.96 Å². The molecule has 1 aliphatic heterocycles. The number of aliphatic imine (C=N–C) groups is 1. The normalized spacial score (nSPS) is 17.8. The third kappa shape index (κ3) is 7.67. The van der Waals surface area contributed by atoms with Crippen molar-refractivity contribution in [3.63, 3.8) is 0 Å². The summed E-state index contributed by atoms with van der Waals surface area (Å²) in [7, 11) is 2.20. The van der Waals surface area contributed by atoms with Gasteiger partial charge in [-0.2, -0.15) is 0 Å². The highest BCUT2D eigenvalue weighted by Gasteiger charge is 2.19. The molecule has 2 N–H and O–H groups in total. The summed E-state index contributed by atoms with van der Waals surface area (Å²) in [6.45, 7) is 11.5. The number of hydrogen-bond acceptors (Lipinski definition) is 3. The van der Waals surface area contributed by atoms with E-state index in [1.165, 1.54) is 11.1 Å². The molecular weight excluding hydrogens is 382 g/mol. The van der Waals surface area contributed by atoms with Gasteiger partial charge in [0, 0.05) is 51.2 Å². The highest BCUT2D eigenvalue weighted by atomic mass is 15.3. The molecule has 0 spiro atoms. The van der Waals surface area contributed by atoms with Gasteiger partial charge in [-0.05, 0) is 38.4 Å². The molecule has 1 heterocycles. The van der Waals surface area contributed by atoms with Crippen LogP contribution in [0, 0.1) is 0 Å². The highest BCUT2D eigenvalue weighted by Crippen LogP contribution is 2.20. The molecule has 31 heavy (non-hydrogen) atoms. The quantitative estimate of drug-likeness (QED) is 0.482. The Bertz CT molecular complexity index is 769. The van der Waals surface area contributed by atoms with Crippen LogP contribution in [0.15, 0.2) is 65.7 Å². The van der Waals surface area contributed by atoms with Gasteiger partial charge >= 0.3 is 0 Å². The zero-order valence-electron chi connectivity index (χ0n) is 19.4. The molecule has 0 bridgehead atoms. The Hall–Kier alpha value is -2.37. The van der Waals surface area contributed by atoms with Crippen LogP contribution < -0.4 is 10.6 Å². The minimum absolute atomic E-state index is 0.391. The van der Waals surface area contributed by atoms with Gasteiger partial charge in [-0.3, -0.25) is 9.89 Å². The van der Waals surface area contributed by atoms with Gasteiger partial charge in [-0.15, -0.1) is 0 Å². The minimum atomic E-state index is 0.391. The molecule has 1 aliphatic rings. The van der Waals surface area contributed by atoms with Crippen molar-refractivity contribution < 1.29 is 0 Å². The van der Waals surface area contributed by atoms with E-state index in [0.717, 1.165) is 58.2 Å². The second-order valence-electron chi connectivity index (χ2n) is 8.59. The maximum atomic E-state index is 4.92. The van der Waals surface area contributed by atoms with Crippen molar-refractivity contribution in [2.24, 2.45) is 4.99 Å². The van der Waals surface area contributed by atoms with E-state index in [9.17, 15) is 0 Å². The molecule has 1 saturated heterocycles. The molecule has 5 heteroatoms. The molecule has 0 radical (unpaired) electrons. The first-order valence-corrected chi connectivity index (χ1v) is 11.7. The predicted octanol–water partition coefficient (Wildman–Crippen LogP) is 3.20. The molecule has 2 atom stereocenters. The van der Waals surface area contributed by atoms with Crippen LogP contribution in [0.1, 0.15) is 30.9 Å². The summed E-state index contributed by atoms with van der Waals surface area (Å²) in [5, 5.41) is 7.05. The molecule has 3 rings (SSSR count). The number of benzene rings is 2. The largest absolute Gasteiger partial charge is 0.357 e. The van der Waals surface area contributed by atoms with Crippen LogP contribution in [0.4, 0.5) is 0 Å². The molecule has 2 unspecified atom stereocenters. The predicted molar refractivity (Wildman–Crippen MR) is 132 cm³/mol. The first-order chi connectivity index (χ1) is 15.2. The second-order valence-corrected chi connectivity index (χ2v) is 8.59. The SMILES string of the molecule is CCNC(=NCC(C)N1CCN(C)CC1)NCC(Cc1ccccc1)c1ccccc1. The van der Waals surface area contributed by atoms with Crippen LogP contribution >= 0.6 is 0 Å². The maximum absolute atomic E-state index is 4.92. The summed E-state index contributed by atoms with van der Waals surface area (Å²) in [5.74, 6) is 1.31.